The molecule has 0 spiro atoms. The van der Waals surface area contributed by atoms with Gasteiger partial charge >= 0.3 is 0 Å². The van der Waals surface area contributed by atoms with Crippen molar-refractivity contribution in [2.24, 2.45) is 0 Å². The van der Waals surface area contributed by atoms with Gasteiger partial charge in [-0.05, 0) is 60.5 Å². The van der Waals surface area contributed by atoms with E-state index < -0.39 is 11.2 Å². The summed E-state index contributed by atoms with van der Waals surface area (Å²) in [5, 5.41) is 13.7. The van der Waals surface area contributed by atoms with Crippen molar-refractivity contribution in [1.82, 2.24) is 0 Å². The maximum absolute atomic E-state index is 13.5. The van der Waals surface area contributed by atoms with Gasteiger partial charge in [-0.25, -0.2) is 0 Å². The first kappa shape index (κ1) is 25.4. The number of hydrogen-bond acceptors (Lipinski definition) is 4. The molecule has 3 aromatic carbocycles. The van der Waals surface area contributed by atoms with Crippen LogP contribution in [0.1, 0.15) is 5.56 Å². The maximum atomic E-state index is 13.5. The Balaban J connectivity index is 1.73. The summed E-state index contributed by atoms with van der Waals surface area (Å²) in [6.45, 7) is 0. The molecule has 10 heteroatoms. The van der Waals surface area contributed by atoms with Crippen LogP contribution in [-0.2, 0) is 16.0 Å². The third-order valence-corrected chi connectivity index (χ3v) is 7.72. The quantitative estimate of drug-likeness (QED) is 0.260. The van der Waals surface area contributed by atoms with E-state index in [1.54, 1.807) is 48.5 Å². The van der Waals surface area contributed by atoms with Gasteiger partial charge in [-0.3, -0.25) is 14.5 Å². The standard InChI is InChI=1S/C25H15Cl4N3O2S/c26-15-6-8-19(27)14(10-15)11-22-24(34)32(17-4-2-1-3-5-17)25(35-22)18(13-30)23(33)31-16-7-9-20(28)21(29)12-16/h1-10,12,22H,11H2,(H,31,33)/b25-18-. The Bertz CT molecular complexity index is 1390. The summed E-state index contributed by atoms with van der Waals surface area (Å²) >= 11 is 25.6. The van der Waals surface area contributed by atoms with Crippen molar-refractivity contribution in [3.8, 4) is 6.07 Å². The summed E-state index contributed by atoms with van der Waals surface area (Å²) in [5.41, 5.74) is 1.38. The summed E-state index contributed by atoms with van der Waals surface area (Å²) in [5.74, 6) is -0.953. The lowest BCUT2D eigenvalue weighted by molar-refractivity contribution is -0.117. The number of nitrogens with zero attached hydrogens (tertiary/aromatic N) is 2. The third-order valence-electron chi connectivity index (χ3n) is 5.11. The minimum atomic E-state index is -0.677. The number of carbonyl (C=O) groups is 2. The van der Waals surface area contributed by atoms with E-state index in [0.29, 0.717) is 32.0 Å². The molecule has 0 radical (unpaired) electrons. The monoisotopic (exact) mass is 561 g/mol. The van der Waals surface area contributed by atoms with Crippen molar-refractivity contribution in [2.45, 2.75) is 11.7 Å². The summed E-state index contributed by atoms with van der Waals surface area (Å²) in [7, 11) is 0. The van der Waals surface area contributed by atoms with Crippen molar-refractivity contribution < 1.29 is 9.59 Å². The van der Waals surface area contributed by atoms with Gasteiger partial charge in [0.25, 0.3) is 5.91 Å². The topological polar surface area (TPSA) is 73.2 Å². The number of halogens is 4. The minimum absolute atomic E-state index is 0.210. The highest BCUT2D eigenvalue weighted by atomic mass is 35.5. The molecule has 4 rings (SSSR count). The molecule has 0 aliphatic carbocycles. The van der Waals surface area contributed by atoms with Crippen molar-refractivity contribution in [1.29, 1.82) is 5.26 Å². The van der Waals surface area contributed by atoms with E-state index in [1.807, 2.05) is 12.1 Å². The molecule has 176 valence electrons. The predicted molar refractivity (Wildman–Crippen MR) is 143 cm³/mol. The second-order valence-electron chi connectivity index (χ2n) is 7.43. The maximum Gasteiger partial charge on any atom is 0.269 e. The molecular formula is C25H15Cl4N3O2S. The van der Waals surface area contributed by atoms with E-state index >= 15 is 0 Å². The largest absolute Gasteiger partial charge is 0.321 e. The molecule has 0 aromatic heterocycles. The van der Waals surface area contributed by atoms with Gasteiger partial charge in [0.05, 0.1) is 15.3 Å². The average molecular weight is 563 g/mol. The van der Waals surface area contributed by atoms with Crippen LogP contribution in [0.2, 0.25) is 20.1 Å². The highest BCUT2D eigenvalue weighted by Gasteiger charge is 2.41. The molecule has 3 aromatic rings. The smallest absolute Gasteiger partial charge is 0.269 e. The molecule has 2 amide bonds. The molecule has 1 aliphatic heterocycles. The van der Waals surface area contributed by atoms with Crippen LogP contribution >= 0.6 is 58.2 Å². The van der Waals surface area contributed by atoms with Crippen LogP contribution in [0.15, 0.2) is 77.3 Å². The second kappa shape index (κ2) is 10.9. The Hall–Kier alpha value is -2.66. The highest BCUT2D eigenvalue weighted by Crippen LogP contribution is 2.42. The first-order valence-electron chi connectivity index (χ1n) is 10.2. The van der Waals surface area contributed by atoms with E-state index in [1.165, 1.54) is 17.0 Å². The lowest BCUT2D eigenvalue weighted by atomic mass is 10.1. The summed E-state index contributed by atoms with van der Waals surface area (Å²) in [6.07, 6.45) is 0.267. The number of hydrogen-bond donors (Lipinski definition) is 1. The van der Waals surface area contributed by atoms with Gasteiger partial charge in [0.1, 0.15) is 16.7 Å². The van der Waals surface area contributed by atoms with Crippen LogP contribution in [-0.4, -0.2) is 17.1 Å². The van der Waals surface area contributed by atoms with E-state index in [9.17, 15) is 14.9 Å². The van der Waals surface area contributed by atoms with Crippen LogP contribution in [0.25, 0.3) is 0 Å². The van der Waals surface area contributed by atoms with Crippen LogP contribution < -0.4 is 10.2 Å². The lowest BCUT2D eigenvalue weighted by Gasteiger charge is -2.18. The average Bonchev–Trinajstić information content (AvgIpc) is 3.15. The second-order valence-corrected chi connectivity index (χ2v) is 10.3. The van der Waals surface area contributed by atoms with Gasteiger partial charge < -0.3 is 5.32 Å². The highest BCUT2D eigenvalue weighted by molar-refractivity contribution is 8.05. The SMILES string of the molecule is N#C/C(C(=O)Nc1ccc(Cl)c(Cl)c1)=C1/SC(Cc2cc(Cl)ccc2Cl)C(=O)N1c1ccccc1. The molecule has 0 bridgehead atoms. The fourth-order valence-electron chi connectivity index (χ4n) is 3.47. The summed E-state index contributed by atoms with van der Waals surface area (Å²) < 4.78 is 0. The van der Waals surface area contributed by atoms with Gasteiger partial charge in [0.2, 0.25) is 5.91 Å². The van der Waals surface area contributed by atoms with Gasteiger partial charge in [-0.15, -0.1) is 0 Å². The zero-order valence-electron chi connectivity index (χ0n) is 17.8. The minimum Gasteiger partial charge on any atom is -0.321 e. The van der Waals surface area contributed by atoms with Crippen molar-refractivity contribution in [2.75, 3.05) is 10.2 Å². The van der Waals surface area contributed by atoms with Gasteiger partial charge in [-0.1, -0.05) is 76.4 Å². The number of nitrogens with one attached hydrogen (secondary N) is 1. The van der Waals surface area contributed by atoms with Crippen molar-refractivity contribution in [3.63, 3.8) is 0 Å². The van der Waals surface area contributed by atoms with Gasteiger partial charge in [0.15, 0.2) is 0 Å². The number of amides is 2. The van der Waals surface area contributed by atoms with Crippen molar-refractivity contribution >= 4 is 81.4 Å². The van der Waals surface area contributed by atoms with Crippen molar-refractivity contribution in [3.05, 3.63) is 103 Å². The molecule has 1 heterocycles. The predicted octanol–water partition coefficient (Wildman–Crippen LogP) is 7.37. The molecule has 0 saturated carbocycles. The molecule has 1 atom stereocenters. The number of nitriles is 1. The van der Waals surface area contributed by atoms with E-state index in [4.69, 9.17) is 46.4 Å². The fourth-order valence-corrected chi connectivity index (χ4v) is 5.45. The fraction of sp³-hybridized carbons (Fsp3) is 0.0800. The Morgan fingerprint density at radius 2 is 1.69 bits per heavy atom. The zero-order valence-corrected chi connectivity index (χ0v) is 21.6. The lowest BCUT2D eigenvalue weighted by Crippen LogP contribution is -2.30. The molecule has 5 nitrogen and oxygen atoms in total. The van der Waals surface area contributed by atoms with E-state index in [2.05, 4.69) is 5.32 Å². The molecule has 1 saturated heterocycles. The van der Waals surface area contributed by atoms with E-state index in [-0.39, 0.29) is 28.0 Å². The molecule has 1 fully saturated rings. The molecular weight excluding hydrogens is 548 g/mol. The summed E-state index contributed by atoms with van der Waals surface area (Å²) in [4.78, 5) is 28.0. The first-order chi connectivity index (χ1) is 16.8. The molecule has 35 heavy (non-hydrogen) atoms. The zero-order chi connectivity index (χ0) is 25.1. The number of carbonyl (C=O) groups excluding carboxylic acids is 2. The Morgan fingerprint density at radius 1 is 0.971 bits per heavy atom. The molecule has 1 N–H and O–H groups in total. The van der Waals surface area contributed by atoms with Crippen LogP contribution in [0.5, 0.6) is 0 Å². The first-order valence-corrected chi connectivity index (χ1v) is 12.6. The number of para-hydroxylation sites is 1. The van der Waals surface area contributed by atoms with E-state index in [0.717, 1.165) is 11.8 Å². The third kappa shape index (κ3) is 5.61. The number of thioether (sulfide) groups is 1. The number of anilines is 2. The van der Waals surface area contributed by atoms with Gasteiger partial charge in [-0.2, -0.15) is 5.26 Å². The normalized spacial score (nSPS) is 16.7. The molecule has 1 aliphatic rings. The molecule has 1 unspecified atom stereocenters. The Labute approximate surface area is 226 Å². The number of rotatable bonds is 5. The number of benzene rings is 3. The van der Waals surface area contributed by atoms with Crippen LogP contribution in [0.3, 0.4) is 0 Å². The van der Waals surface area contributed by atoms with Gasteiger partial charge in [0, 0.05) is 21.4 Å². The van der Waals surface area contributed by atoms with Crippen LogP contribution in [0, 0.1) is 11.3 Å². The Morgan fingerprint density at radius 3 is 2.37 bits per heavy atom. The Kier molecular flexibility index (Phi) is 7.95. The summed E-state index contributed by atoms with van der Waals surface area (Å²) in [6, 6.07) is 20.4. The van der Waals surface area contributed by atoms with Crippen LogP contribution in [0.4, 0.5) is 11.4 Å².